The maximum atomic E-state index is 13.0. The second-order valence-electron chi connectivity index (χ2n) is 9.78. The van der Waals surface area contributed by atoms with E-state index < -0.39 is 6.04 Å². The van der Waals surface area contributed by atoms with E-state index in [1.165, 1.54) is 0 Å². The van der Waals surface area contributed by atoms with Gasteiger partial charge >= 0.3 is 0 Å². The number of likely N-dealkylation sites (tertiary alicyclic amines) is 1. The summed E-state index contributed by atoms with van der Waals surface area (Å²) >= 11 is 0. The molecular weight excluding hydrogens is 440 g/mol. The number of anilines is 1. The minimum absolute atomic E-state index is 0.0260. The van der Waals surface area contributed by atoms with Crippen LogP contribution in [0.4, 0.5) is 5.69 Å². The smallest absolute Gasteiger partial charge is 0.255 e. The van der Waals surface area contributed by atoms with Crippen molar-refractivity contribution in [3.05, 3.63) is 58.9 Å². The summed E-state index contributed by atoms with van der Waals surface area (Å²) in [7, 11) is 0. The zero-order chi connectivity index (χ0) is 24.4. The van der Waals surface area contributed by atoms with Gasteiger partial charge in [-0.2, -0.15) is 0 Å². The first kappa shape index (κ1) is 23.3. The predicted octanol–water partition coefficient (Wildman–Crippen LogP) is 3.03. The molecular formula is C28H30N4O3. The Balaban J connectivity index is 1.15. The lowest BCUT2D eigenvalue weighted by atomic mass is 9.92. The first-order chi connectivity index (χ1) is 17.0. The Kier molecular flexibility index (Phi) is 6.65. The van der Waals surface area contributed by atoms with E-state index in [1.54, 1.807) is 11.1 Å². The number of nitrogens with zero attached hydrogens (tertiary/aromatic N) is 3. The van der Waals surface area contributed by atoms with Gasteiger partial charge in [-0.1, -0.05) is 12.0 Å². The third-order valence-electron chi connectivity index (χ3n) is 7.48. The van der Waals surface area contributed by atoms with E-state index in [9.17, 15) is 14.4 Å². The number of ketones is 2. The summed E-state index contributed by atoms with van der Waals surface area (Å²) in [6.07, 6.45) is 10.1. The van der Waals surface area contributed by atoms with Crippen molar-refractivity contribution in [1.29, 1.82) is 0 Å². The standard InChI is InChI=1S/C28H30N4O3/c1-2-19-6-7-21(29-15-19)17-31-12-10-20(11-13-31)16-30-25-5-3-4-23-24(25)18-32(28(23)35)26-9-8-22(33)14-27(26)34/h1,3-7,15,20,26,30H,8-14,16-18H2. The Bertz CT molecular complexity index is 1180. The lowest BCUT2D eigenvalue weighted by molar-refractivity contribution is -0.133. The third-order valence-corrected chi connectivity index (χ3v) is 7.48. The van der Waals surface area contributed by atoms with Crippen LogP contribution < -0.4 is 5.32 Å². The van der Waals surface area contributed by atoms with Gasteiger partial charge in [0.2, 0.25) is 0 Å². The van der Waals surface area contributed by atoms with Crippen LogP contribution in [0.5, 0.6) is 0 Å². The highest BCUT2D eigenvalue weighted by molar-refractivity contribution is 6.08. The fraction of sp³-hybridized carbons (Fsp3) is 0.429. The van der Waals surface area contributed by atoms with Gasteiger partial charge in [-0.15, -0.1) is 6.42 Å². The number of hydrogen-bond acceptors (Lipinski definition) is 6. The second-order valence-corrected chi connectivity index (χ2v) is 9.78. The summed E-state index contributed by atoms with van der Waals surface area (Å²) < 4.78 is 0. The van der Waals surface area contributed by atoms with E-state index in [2.05, 4.69) is 21.1 Å². The van der Waals surface area contributed by atoms with Crippen LogP contribution in [0.25, 0.3) is 0 Å². The van der Waals surface area contributed by atoms with E-state index in [1.807, 2.05) is 30.3 Å². The highest BCUT2D eigenvalue weighted by Gasteiger charge is 2.39. The number of piperidine rings is 1. The number of terminal acetylenes is 1. The number of rotatable bonds is 6. The fourth-order valence-corrected chi connectivity index (χ4v) is 5.40. The Morgan fingerprint density at radius 3 is 2.63 bits per heavy atom. The van der Waals surface area contributed by atoms with Gasteiger partial charge in [0.05, 0.1) is 18.2 Å². The van der Waals surface area contributed by atoms with Gasteiger partial charge < -0.3 is 10.2 Å². The van der Waals surface area contributed by atoms with Crippen LogP contribution >= 0.6 is 0 Å². The van der Waals surface area contributed by atoms with Gasteiger partial charge in [0.25, 0.3) is 5.91 Å². The van der Waals surface area contributed by atoms with Gasteiger partial charge in [-0.05, 0) is 62.5 Å². The normalized spacial score (nSPS) is 21.2. The molecule has 1 amide bonds. The highest BCUT2D eigenvalue weighted by atomic mass is 16.2. The number of Topliss-reactive ketones (excluding diaryl/α,β-unsaturated/α-hetero) is 2. The van der Waals surface area contributed by atoms with Crippen LogP contribution in [0, 0.1) is 18.3 Å². The van der Waals surface area contributed by atoms with Crippen molar-refractivity contribution in [3.63, 3.8) is 0 Å². The number of pyridine rings is 1. The Morgan fingerprint density at radius 2 is 1.91 bits per heavy atom. The Hall–Kier alpha value is -3.50. The zero-order valence-electron chi connectivity index (χ0n) is 19.8. The molecule has 1 unspecified atom stereocenters. The zero-order valence-corrected chi connectivity index (χ0v) is 19.8. The Morgan fingerprint density at radius 1 is 1.09 bits per heavy atom. The lowest BCUT2D eigenvalue weighted by Gasteiger charge is -2.32. The van der Waals surface area contributed by atoms with Crippen LogP contribution in [0.1, 0.15) is 59.3 Å². The number of hydrogen-bond donors (Lipinski definition) is 1. The summed E-state index contributed by atoms with van der Waals surface area (Å²) in [5.74, 6) is 2.89. The largest absolute Gasteiger partial charge is 0.384 e. The van der Waals surface area contributed by atoms with Crippen LogP contribution in [-0.2, 0) is 22.7 Å². The molecule has 1 aromatic heterocycles. The van der Waals surface area contributed by atoms with Gasteiger partial charge in [-0.25, -0.2) is 0 Å². The van der Waals surface area contributed by atoms with E-state index in [0.29, 0.717) is 30.9 Å². The van der Waals surface area contributed by atoms with Gasteiger partial charge in [0.1, 0.15) is 5.78 Å². The average Bonchev–Trinajstić information content (AvgIpc) is 3.21. The molecule has 3 aliphatic rings. The van der Waals surface area contributed by atoms with E-state index in [4.69, 9.17) is 6.42 Å². The number of amides is 1. The summed E-state index contributed by atoms with van der Waals surface area (Å²) in [4.78, 5) is 45.6. The maximum absolute atomic E-state index is 13.0. The molecule has 1 saturated carbocycles. The summed E-state index contributed by atoms with van der Waals surface area (Å²) in [6, 6.07) is 9.21. The molecule has 0 bridgehead atoms. The fourth-order valence-electron chi connectivity index (χ4n) is 5.40. The number of carbonyl (C=O) groups is 3. The average molecular weight is 471 g/mol. The Labute approximate surface area is 205 Å². The molecule has 1 aliphatic carbocycles. The van der Waals surface area contributed by atoms with Crippen molar-refractivity contribution in [1.82, 2.24) is 14.8 Å². The molecule has 0 radical (unpaired) electrons. The van der Waals surface area contributed by atoms with Crippen LogP contribution in [0.2, 0.25) is 0 Å². The van der Waals surface area contributed by atoms with E-state index in [-0.39, 0.29) is 23.9 Å². The van der Waals surface area contributed by atoms with E-state index >= 15 is 0 Å². The monoisotopic (exact) mass is 470 g/mol. The molecule has 7 nitrogen and oxygen atoms in total. The SMILES string of the molecule is C#Cc1ccc(CN2CCC(CNc3cccc4c3CN(C3CCC(=O)CC3=O)C4=O)CC2)nc1. The molecule has 35 heavy (non-hydrogen) atoms. The van der Waals surface area contributed by atoms with Crippen LogP contribution in [0.3, 0.4) is 0 Å². The molecule has 1 atom stereocenters. The van der Waals surface area contributed by atoms with Crippen molar-refractivity contribution in [3.8, 4) is 12.3 Å². The number of aromatic nitrogens is 1. The lowest BCUT2D eigenvalue weighted by Crippen LogP contribution is -2.44. The molecule has 1 saturated heterocycles. The first-order valence-electron chi connectivity index (χ1n) is 12.4. The maximum Gasteiger partial charge on any atom is 0.255 e. The third kappa shape index (κ3) is 4.98. The first-order valence-corrected chi connectivity index (χ1v) is 12.4. The van der Waals surface area contributed by atoms with Crippen molar-refractivity contribution < 1.29 is 14.4 Å². The van der Waals surface area contributed by atoms with Crippen LogP contribution in [0.15, 0.2) is 36.5 Å². The van der Waals surface area contributed by atoms with Gasteiger partial charge in [0, 0.05) is 54.6 Å². The molecule has 2 fully saturated rings. The minimum Gasteiger partial charge on any atom is -0.384 e. The quantitative estimate of drug-likeness (QED) is 0.516. The molecule has 2 aliphatic heterocycles. The number of benzene rings is 1. The van der Waals surface area contributed by atoms with Gasteiger partial charge in [0.15, 0.2) is 5.78 Å². The predicted molar refractivity (Wildman–Crippen MR) is 133 cm³/mol. The molecule has 7 heteroatoms. The summed E-state index contributed by atoms with van der Waals surface area (Å²) in [5.41, 5.74) is 4.43. The molecule has 3 heterocycles. The van der Waals surface area contributed by atoms with E-state index in [0.717, 1.165) is 61.5 Å². The van der Waals surface area contributed by atoms with Crippen molar-refractivity contribution in [2.24, 2.45) is 5.92 Å². The summed E-state index contributed by atoms with van der Waals surface area (Å²) in [5, 5.41) is 3.59. The van der Waals surface area contributed by atoms with Crippen molar-refractivity contribution in [2.75, 3.05) is 25.0 Å². The number of nitrogens with one attached hydrogen (secondary N) is 1. The van der Waals surface area contributed by atoms with Crippen molar-refractivity contribution in [2.45, 2.75) is 51.2 Å². The number of fused-ring (bicyclic) bond motifs is 1. The summed E-state index contributed by atoms with van der Waals surface area (Å²) in [6.45, 7) is 4.15. The minimum atomic E-state index is -0.484. The van der Waals surface area contributed by atoms with Crippen LogP contribution in [-0.4, -0.2) is 57.9 Å². The molecule has 5 rings (SSSR count). The molecule has 2 aromatic rings. The second kappa shape index (κ2) is 10.0. The highest BCUT2D eigenvalue weighted by Crippen LogP contribution is 2.33. The molecule has 0 spiro atoms. The molecule has 180 valence electrons. The van der Waals surface area contributed by atoms with Crippen molar-refractivity contribution >= 4 is 23.2 Å². The topological polar surface area (TPSA) is 82.6 Å². The molecule has 1 N–H and O–H groups in total. The van der Waals surface area contributed by atoms with Gasteiger partial charge in [-0.3, -0.25) is 24.3 Å². The molecule has 1 aromatic carbocycles. The number of carbonyl (C=O) groups excluding carboxylic acids is 3.